The molecule has 0 radical (unpaired) electrons. The van der Waals surface area contributed by atoms with Gasteiger partial charge >= 0.3 is 0 Å². The number of hydrogen-bond acceptors (Lipinski definition) is 4. The van der Waals surface area contributed by atoms with Crippen LogP contribution in [0.15, 0.2) is 22.8 Å². The molecule has 1 aliphatic rings. The maximum Gasteiger partial charge on any atom is 0.117 e. The van der Waals surface area contributed by atoms with Gasteiger partial charge in [-0.3, -0.25) is 4.90 Å². The fourth-order valence-electron chi connectivity index (χ4n) is 2.68. The Labute approximate surface area is 122 Å². The lowest BCUT2D eigenvalue weighted by Crippen LogP contribution is -2.32. The lowest BCUT2D eigenvalue weighted by molar-refractivity contribution is 0.0256. The molecular weight excluding hydrogens is 252 g/mol. The Morgan fingerprint density at radius 1 is 1.35 bits per heavy atom. The van der Waals surface area contributed by atoms with Gasteiger partial charge in [-0.15, -0.1) is 0 Å². The summed E-state index contributed by atoms with van der Waals surface area (Å²) in [5.74, 6) is 1.72. The monoisotopic (exact) mass is 280 g/mol. The van der Waals surface area contributed by atoms with Crippen LogP contribution in [0.1, 0.15) is 32.4 Å². The van der Waals surface area contributed by atoms with Crippen LogP contribution in [0.3, 0.4) is 0 Å². The Hall–Kier alpha value is -0.840. The highest BCUT2D eigenvalue weighted by Crippen LogP contribution is 2.20. The molecule has 4 heteroatoms. The first-order chi connectivity index (χ1) is 9.63. The van der Waals surface area contributed by atoms with E-state index >= 15 is 0 Å². The van der Waals surface area contributed by atoms with Gasteiger partial charge in [0.1, 0.15) is 5.76 Å². The summed E-state index contributed by atoms with van der Waals surface area (Å²) in [6, 6.07) is 3.95. The van der Waals surface area contributed by atoms with Gasteiger partial charge in [0.05, 0.1) is 25.0 Å². The van der Waals surface area contributed by atoms with E-state index in [1.54, 1.807) is 6.26 Å². The summed E-state index contributed by atoms with van der Waals surface area (Å²) < 4.78 is 11.5. The first-order valence-electron chi connectivity index (χ1n) is 7.70. The molecule has 1 saturated heterocycles. The lowest BCUT2D eigenvalue weighted by Gasteiger charge is -2.20. The Bertz CT molecular complexity index is 365. The molecule has 0 aromatic carbocycles. The molecule has 20 heavy (non-hydrogen) atoms. The standard InChI is InChI=1S/C16H28N2O2/c1-13(2)9-17-10-14-6-7-16(20-14)12-18(3)11-15-5-4-8-19-15/h4-5,8,13-14,16-17H,6-7,9-12H2,1-3H3. The summed E-state index contributed by atoms with van der Waals surface area (Å²) in [6.45, 7) is 8.34. The minimum Gasteiger partial charge on any atom is -0.468 e. The molecule has 2 atom stereocenters. The molecule has 1 N–H and O–H groups in total. The zero-order chi connectivity index (χ0) is 14.4. The number of rotatable bonds is 8. The summed E-state index contributed by atoms with van der Waals surface area (Å²) in [4.78, 5) is 2.27. The molecule has 1 aromatic rings. The third kappa shape index (κ3) is 5.27. The van der Waals surface area contributed by atoms with Crippen LogP contribution in [0, 0.1) is 5.92 Å². The molecule has 4 nitrogen and oxygen atoms in total. The van der Waals surface area contributed by atoms with Crippen molar-refractivity contribution in [3.05, 3.63) is 24.2 Å². The van der Waals surface area contributed by atoms with Gasteiger partial charge < -0.3 is 14.5 Å². The van der Waals surface area contributed by atoms with Crippen molar-refractivity contribution < 1.29 is 9.15 Å². The van der Waals surface area contributed by atoms with Gasteiger partial charge in [0, 0.05) is 13.1 Å². The molecule has 2 rings (SSSR count). The second-order valence-electron chi connectivity index (χ2n) is 6.29. The number of nitrogens with one attached hydrogen (secondary N) is 1. The molecule has 0 saturated carbocycles. The van der Waals surface area contributed by atoms with Crippen molar-refractivity contribution in [3.8, 4) is 0 Å². The number of ether oxygens (including phenoxy) is 1. The lowest BCUT2D eigenvalue weighted by atomic mass is 10.1. The molecule has 0 amide bonds. The molecule has 0 aliphatic carbocycles. The highest BCUT2D eigenvalue weighted by atomic mass is 16.5. The van der Waals surface area contributed by atoms with Gasteiger partial charge in [-0.25, -0.2) is 0 Å². The van der Waals surface area contributed by atoms with Crippen LogP contribution < -0.4 is 5.32 Å². The van der Waals surface area contributed by atoms with E-state index in [1.807, 2.05) is 12.1 Å². The fourth-order valence-corrected chi connectivity index (χ4v) is 2.68. The van der Waals surface area contributed by atoms with Gasteiger partial charge in [-0.05, 0) is 44.5 Å². The second-order valence-corrected chi connectivity index (χ2v) is 6.29. The maximum absolute atomic E-state index is 6.10. The van der Waals surface area contributed by atoms with Crippen molar-refractivity contribution in [2.75, 3.05) is 26.7 Å². The van der Waals surface area contributed by atoms with E-state index in [4.69, 9.17) is 9.15 Å². The van der Waals surface area contributed by atoms with Crippen LogP contribution in [0.4, 0.5) is 0 Å². The van der Waals surface area contributed by atoms with Gasteiger partial charge in [0.25, 0.3) is 0 Å². The Morgan fingerprint density at radius 2 is 2.15 bits per heavy atom. The minimum absolute atomic E-state index is 0.362. The quantitative estimate of drug-likeness (QED) is 0.794. The predicted octanol–water partition coefficient (Wildman–Crippen LogP) is 2.50. The minimum atomic E-state index is 0.362. The number of nitrogens with zero attached hydrogens (tertiary/aromatic N) is 1. The average molecular weight is 280 g/mol. The van der Waals surface area contributed by atoms with Crippen LogP contribution in [-0.4, -0.2) is 43.8 Å². The van der Waals surface area contributed by atoms with Crippen LogP contribution in [0.2, 0.25) is 0 Å². The van der Waals surface area contributed by atoms with E-state index in [9.17, 15) is 0 Å². The summed E-state index contributed by atoms with van der Waals surface area (Å²) in [5, 5.41) is 3.48. The summed E-state index contributed by atoms with van der Waals surface area (Å²) >= 11 is 0. The van der Waals surface area contributed by atoms with Crippen molar-refractivity contribution in [3.63, 3.8) is 0 Å². The summed E-state index contributed by atoms with van der Waals surface area (Å²) in [5.41, 5.74) is 0. The van der Waals surface area contributed by atoms with E-state index in [0.29, 0.717) is 18.1 Å². The van der Waals surface area contributed by atoms with Crippen molar-refractivity contribution in [1.82, 2.24) is 10.2 Å². The van der Waals surface area contributed by atoms with Crippen LogP contribution >= 0.6 is 0 Å². The normalized spacial score (nSPS) is 23.1. The van der Waals surface area contributed by atoms with E-state index in [-0.39, 0.29) is 0 Å². The van der Waals surface area contributed by atoms with E-state index < -0.39 is 0 Å². The molecule has 2 heterocycles. The summed E-state index contributed by atoms with van der Waals surface area (Å²) in [6.07, 6.45) is 4.81. The smallest absolute Gasteiger partial charge is 0.117 e. The second kappa shape index (κ2) is 7.81. The molecule has 2 unspecified atom stereocenters. The molecule has 1 aromatic heterocycles. The zero-order valence-corrected chi connectivity index (χ0v) is 13.0. The summed E-state index contributed by atoms with van der Waals surface area (Å²) in [7, 11) is 2.12. The third-order valence-corrected chi connectivity index (χ3v) is 3.64. The van der Waals surface area contributed by atoms with Crippen molar-refractivity contribution in [2.45, 2.75) is 45.4 Å². The van der Waals surface area contributed by atoms with Crippen LogP contribution in [0.5, 0.6) is 0 Å². The number of furan rings is 1. The SMILES string of the molecule is CC(C)CNCC1CCC(CN(C)Cc2ccco2)O1. The van der Waals surface area contributed by atoms with Crippen LogP contribution in [0.25, 0.3) is 0 Å². The molecule has 1 fully saturated rings. The van der Waals surface area contributed by atoms with Crippen molar-refractivity contribution >= 4 is 0 Å². The van der Waals surface area contributed by atoms with Gasteiger partial charge in [0.15, 0.2) is 0 Å². The van der Waals surface area contributed by atoms with Gasteiger partial charge in [0.2, 0.25) is 0 Å². The Morgan fingerprint density at radius 3 is 2.85 bits per heavy atom. The Balaban J connectivity index is 1.62. The van der Waals surface area contributed by atoms with Crippen molar-refractivity contribution in [2.24, 2.45) is 5.92 Å². The Kier molecular flexibility index (Phi) is 6.07. The fraction of sp³-hybridized carbons (Fsp3) is 0.750. The molecule has 0 spiro atoms. The maximum atomic E-state index is 6.10. The first kappa shape index (κ1) is 15.5. The molecule has 1 aliphatic heterocycles. The average Bonchev–Trinajstić information content (AvgIpc) is 3.01. The largest absolute Gasteiger partial charge is 0.468 e. The van der Waals surface area contributed by atoms with Crippen molar-refractivity contribution in [1.29, 1.82) is 0 Å². The van der Waals surface area contributed by atoms with Gasteiger partial charge in [-0.1, -0.05) is 13.8 Å². The highest BCUT2D eigenvalue weighted by molar-refractivity contribution is 4.97. The third-order valence-electron chi connectivity index (χ3n) is 3.64. The van der Waals surface area contributed by atoms with Crippen LogP contribution in [-0.2, 0) is 11.3 Å². The number of hydrogen-bond donors (Lipinski definition) is 1. The predicted molar refractivity (Wildman–Crippen MR) is 80.6 cm³/mol. The van der Waals surface area contributed by atoms with E-state index in [2.05, 4.69) is 31.1 Å². The van der Waals surface area contributed by atoms with Gasteiger partial charge in [-0.2, -0.15) is 0 Å². The molecule has 114 valence electrons. The zero-order valence-electron chi connectivity index (χ0n) is 13.0. The van der Waals surface area contributed by atoms with E-state index in [0.717, 1.165) is 38.4 Å². The molecule has 0 bridgehead atoms. The first-order valence-corrected chi connectivity index (χ1v) is 7.70. The highest BCUT2D eigenvalue weighted by Gasteiger charge is 2.25. The van der Waals surface area contributed by atoms with E-state index in [1.165, 1.54) is 6.42 Å². The number of likely N-dealkylation sites (N-methyl/N-ethyl adjacent to an activating group) is 1. The molecular formula is C16H28N2O2. The topological polar surface area (TPSA) is 37.6 Å².